The molecule has 1 aromatic rings. The average molecular weight is 481 g/mol. The Labute approximate surface area is 201 Å². The van der Waals surface area contributed by atoms with Crippen molar-refractivity contribution in [2.24, 2.45) is 23.5 Å². The average Bonchev–Trinajstić information content (AvgIpc) is 3.31. The Bertz CT molecular complexity index is 813. The molecular weight excluding hydrogens is 440 g/mol. The van der Waals surface area contributed by atoms with Gasteiger partial charge in [0.2, 0.25) is 17.7 Å². The number of H-pyrrole nitrogens is 1. The van der Waals surface area contributed by atoms with Crippen LogP contribution in [-0.2, 0) is 25.6 Å². The second kappa shape index (κ2) is 13.7. The van der Waals surface area contributed by atoms with Crippen molar-refractivity contribution < 1.29 is 24.3 Å². The Hall–Kier alpha value is -2.95. The summed E-state index contributed by atoms with van der Waals surface area (Å²) in [4.78, 5) is 57.3. The molecule has 1 heterocycles. The summed E-state index contributed by atoms with van der Waals surface area (Å²) < 4.78 is 0. The normalized spacial score (nSPS) is 16.6. The largest absolute Gasteiger partial charge is 0.480 e. The summed E-state index contributed by atoms with van der Waals surface area (Å²) in [7, 11) is 0. The van der Waals surface area contributed by atoms with E-state index in [1.165, 1.54) is 12.5 Å². The van der Waals surface area contributed by atoms with E-state index < -0.39 is 47.9 Å². The zero-order chi connectivity index (χ0) is 26.0. The lowest BCUT2D eigenvalue weighted by atomic mass is 9.97. The van der Waals surface area contributed by atoms with Gasteiger partial charge >= 0.3 is 5.97 Å². The van der Waals surface area contributed by atoms with E-state index in [1.54, 1.807) is 20.8 Å². The highest BCUT2D eigenvalue weighted by molar-refractivity contribution is 5.94. The third-order valence-electron chi connectivity index (χ3n) is 6.20. The number of imidazole rings is 1. The molecule has 1 rings (SSSR count). The maximum absolute atomic E-state index is 13.1. The van der Waals surface area contributed by atoms with Crippen LogP contribution >= 0.6 is 0 Å². The van der Waals surface area contributed by atoms with Crippen molar-refractivity contribution in [1.29, 1.82) is 0 Å². The molecule has 0 bridgehead atoms. The smallest absolute Gasteiger partial charge is 0.326 e. The summed E-state index contributed by atoms with van der Waals surface area (Å²) in [6.45, 7) is 10.9. The fourth-order valence-electron chi connectivity index (χ4n) is 3.32. The molecule has 11 heteroatoms. The Morgan fingerprint density at radius 2 is 1.53 bits per heavy atom. The summed E-state index contributed by atoms with van der Waals surface area (Å²) in [6, 6.07) is -3.88. The van der Waals surface area contributed by atoms with Gasteiger partial charge in [0.05, 0.1) is 12.4 Å². The highest BCUT2D eigenvalue weighted by atomic mass is 16.4. The summed E-state index contributed by atoms with van der Waals surface area (Å²) in [5.41, 5.74) is 6.59. The molecule has 0 saturated carbocycles. The van der Waals surface area contributed by atoms with E-state index in [4.69, 9.17) is 5.73 Å². The third kappa shape index (κ3) is 8.44. The molecule has 34 heavy (non-hydrogen) atoms. The number of carbonyl (C=O) groups is 4. The molecule has 192 valence electrons. The highest BCUT2D eigenvalue weighted by Gasteiger charge is 2.33. The number of nitrogens with zero attached hydrogens (tertiary/aromatic N) is 1. The number of nitrogens with one attached hydrogen (secondary N) is 4. The summed E-state index contributed by atoms with van der Waals surface area (Å²) >= 11 is 0. The summed E-state index contributed by atoms with van der Waals surface area (Å²) in [5, 5.41) is 17.5. The minimum Gasteiger partial charge on any atom is -0.480 e. The zero-order valence-electron chi connectivity index (χ0n) is 20.9. The molecule has 6 atom stereocenters. The number of carbonyl (C=O) groups excluding carboxylic acids is 3. The van der Waals surface area contributed by atoms with Crippen molar-refractivity contribution in [3.8, 4) is 0 Å². The van der Waals surface area contributed by atoms with Gasteiger partial charge in [0.25, 0.3) is 0 Å². The monoisotopic (exact) mass is 480 g/mol. The van der Waals surface area contributed by atoms with E-state index in [0.717, 1.165) is 0 Å². The topological polar surface area (TPSA) is 179 Å². The number of aromatic nitrogens is 2. The molecule has 0 aliphatic heterocycles. The van der Waals surface area contributed by atoms with Crippen LogP contribution in [0, 0.1) is 17.8 Å². The van der Waals surface area contributed by atoms with Gasteiger partial charge in [0.1, 0.15) is 18.1 Å². The number of carboxylic acid groups (broad SMARTS) is 1. The lowest BCUT2D eigenvalue weighted by molar-refractivity contribution is -0.143. The van der Waals surface area contributed by atoms with E-state index in [9.17, 15) is 24.3 Å². The van der Waals surface area contributed by atoms with Crippen LogP contribution in [0.4, 0.5) is 0 Å². The second-order valence-corrected chi connectivity index (χ2v) is 9.19. The van der Waals surface area contributed by atoms with E-state index in [1.807, 2.05) is 20.8 Å². The van der Waals surface area contributed by atoms with Gasteiger partial charge in [-0.15, -0.1) is 0 Å². The van der Waals surface area contributed by atoms with E-state index in [2.05, 4.69) is 25.9 Å². The first kappa shape index (κ1) is 29.1. The molecule has 0 aliphatic carbocycles. The van der Waals surface area contributed by atoms with Crippen molar-refractivity contribution in [3.05, 3.63) is 18.2 Å². The van der Waals surface area contributed by atoms with Crippen LogP contribution in [0.1, 0.15) is 60.1 Å². The fourth-order valence-corrected chi connectivity index (χ4v) is 3.32. The van der Waals surface area contributed by atoms with Gasteiger partial charge in [-0.1, -0.05) is 54.4 Å². The van der Waals surface area contributed by atoms with Crippen molar-refractivity contribution in [2.45, 2.75) is 85.0 Å². The lowest BCUT2D eigenvalue weighted by Crippen LogP contribution is -2.59. The molecule has 1 aromatic heterocycles. The maximum Gasteiger partial charge on any atom is 0.326 e. The first-order valence-electron chi connectivity index (χ1n) is 11.8. The number of rotatable bonds is 14. The number of hydrogen-bond donors (Lipinski definition) is 6. The molecule has 3 amide bonds. The fraction of sp³-hybridized carbons (Fsp3) is 0.696. The molecule has 0 fully saturated rings. The minimum absolute atomic E-state index is 0.0650. The molecule has 0 radical (unpaired) electrons. The predicted octanol–water partition coefficient (Wildman–Crippen LogP) is 0.567. The summed E-state index contributed by atoms with van der Waals surface area (Å²) in [5.74, 6) is -3.45. The van der Waals surface area contributed by atoms with Crippen LogP contribution < -0.4 is 21.7 Å². The molecule has 0 saturated heterocycles. The quantitative estimate of drug-likeness (QED) is 0.225. The van der Waals surface area contributed by atoms with Crippen molar-refractivity contribution in [1.82, 2.24) is 25.9 Å². The SMILES string of the molecule is CCC(C)C(N)C(=O)NC(C(=O)NC(Cc1cnc[nH]1)C(=O)NC(C(=O)O)C(C)CC)C(C)C. The Morgan fingerprint density at radius 3 is 2.00 bits per heavy atom. The van der Waals surface area contributed by atoms with Gasteiger partial charge in [-0.25, -0.2) is 9.78 Å². The minimum atomic E-state index is -1.15. The molecule has 0 aliphatic rings. The zero-order valence-corrected chi connectivity index (χ0v) is 20.9. The van der Waals surface area contributed by atoms with E-state index >= 15 is 0 Å². The second-order valence-electron chi connectivity index (χ2n) is 9.19. The highest BCUT2D eigenvalue weighted by Crippen LogP contribution is 2.11. The Balaban J connectivity index is 3.07. The van der Waals surface area contributed by atoms with Crippen LogP contribution in [0.5, 0.6) is 0 Å². The number of amides is 3. The lowest BCUT2D eigenvalue weighted by Gasteiger charge is -2.28. The number of carboxylic acids is 1. The van der Waals surface area contributed by atoms with Gasteiger partial charge in [-0.2, -0.15) is 0 Å². The van der Waals surface area contributed by atoms with Crippen LogP contribution in [0.3, 0.4) is 0 Å². The first-order valence-corrected chi connectivity index (χ1v) is 11.8. The summed E-state index contributed by atoms with van der Waals surface area (Å²) in [6.07, 6.45) is 4.28. The van der Waals surface area contributed by atoms with Crippen LogP contribution in [0.15, 0.2) is 12.5 Å². The Morgan fingerprint density at radius 1 is 0.941 bits per heavy atom. The molecule has 6 unspecified atom stereocenters. The molecule has 0 spiro atoms. The molecular formula is C23H40N6O5. The molecule has 7 N–H and O–H groups in total. The van der Waals surface area contributed by atoms with Crippen molar-refractivity contribution in [3.63, 3.8) is 0 Å². The Kier molecular flexibility index (Phi) is 11.7. The van der Waals surface area contributed by atoms with Gasteiger partial charge in [0, 0.05) is 18.3 Å². The van der Waals surface area contributed by atoms with E-state index in [-0.39, 0.29) is 24.2 Å². The van der Waals surface area contributed by atoms with Crippen molar-refractivity contribution in [2.75, 3.05) is 0 Å². The van der Waals surface area contributed by atoms with Crippen LogP contribution in [0.2, 0.25) is 0 Å². The van der Waals surface area contributed by atoms with Gasteiger partial charge < -0.3 is 31.8 Å². The molecule has 11 nitrogen and oxygen atoms in total. The van der Waals surface area contributed by atoms with Crippen LogP contribution in [0.25, 0.3) is 0 Å². The number of nitrogens with two attached hydrogens (primary N) is 1. The number of hydrogen-bond acceptors (Lipinski definition) is 6. The third-order valence-corrected chi connectivity index (χ3v) is 6.20. The molecule has 0 aromatic carbocycles. The standard InChI is InChI=1S/C23H40N6O5/c1-7-13(5)17(24)21(31)28-18(12(3)4)22(32)27-16(9-15-10-25-11-26-15)20(30)29-19(23(33)34)14(6)8-2/h10-14,16-19H,7-9,24H2,1-6H3,(H,25,26)(H,27,32)(H,28,31)(H,29,30)(H,33,34). The number of aliphatic carboxylic acids is 1. The van der Waals surface area contributed by atoms with E-state index in [0.29, 0.717) is 18.5 Å². The van der Waals surface area contributed by atoms with Gasteiger partial charge in [0.15, 0.2) is 0 Å². The first-order chi connectivity index (χ1) is 15.9. The predicted molar refractivity (Wildman–Crippen MR) is 127 cm³/mol. The van der Waals surface area contributed by atoms with Gasteiger partial charge in [-0.05, 0) is 17.8 Å². The van der Waals surface area contributed by atoms with Crippen molar-refractivity contribution >= 4 is 23.7 Å². The van der Waals surface area contributed by atoms with Crippen LogP contribution in [-0.4, -0.2) is 62.9 Å². The maximum atomic E-state index is 13.1. The number of aromatic amines is 1. The van der Waals surface area contributed by atoms with Gasteiger partial charge in [-0.3, -0.25) is 14.4 Å².